The molecule has 0 unspecified atom stereocenters. The Morgan fingerprint density at radius 1 is 0.622 bits per heavy atom. The zero-order valence-electron chi connectivity index (χ0n) is 27.1. The first-order chi connectivity index (χ1) is 22.0. The molecule has 0 fully saturated rings. The summed E-state index contributed by atoms with van der Waals surface area (Å²) in [5, 5.41) is 25.0. The van der Waals surface area contributed by atoms with Gasteiger partial charge in [0.05, 0.1) is 139 Å². The SMILES string of the molecule is CC(C)(CO)[C@@H](O)C(=O)NCCOCCOCCOCCOCCOCCOCCOCCOCCOCCOCCN=[N+]=[N-]. The van der Waals surface area contributed by atoms with Gasteiger partial charge < -0.3 is 62.9 Å². The highest BCUT2D eigenvalue weighted by Crippen LogP contribution is 2.19. The summed E-state index contributed by atoms with van der Waals surface area (Å²) in [5.41, 5.74) is 7.23. The van der Waals surface area contributed by atoms with Gasteiger partial charge in [-0.05, 0) is 5.53 Å². The first-order valence-electron chi connectivity index (χ1n) is 15.3. The van der Waals surface area contributed by atoms with Crippen LogP contribution in [0.25, 0.3) is 10.4 Å². The first-order valence-corrected chi connectivity index (χ1v) is 15.3. The quantitative estimate of drug-likeness (QED) is 0.0350. The Bertz CT molecular complexity index is 703. The minimum absolute atomic E-state index is 0.258. The Balaban J connectivity index is 3.16. The molecule has 0 saturated carbocycles. The number of aliphatic hydroxyl groups excluding tert-OH is 2. The lowest BCUT2D eigenvalue weighted by molar-refractivity contribution is -0.137. The van der Waals surface area contributed by atoms with Crippen molar-refractivity contribution in [1.82, 2.24) is 5.32 Å². The Morgan fingerprint density at radius 2 is 0.911 bits per heavy atom. The molecule has 3 N–H and O–H groups in total. The highest BCUT2D eigenvalue weighted by Gasteiger charge is 2.32. The number of azide groups is 1. The lowest BCUT2D eigenvalue weighted by Crippen LogP contribution is -2.46. The molecule has 17 nitrogen and oxygen atoms in total. The minimum atomic E-state index is -1.29. The molecule has 0 aliphatic carbocycles. The fourth-order valence-electron chi connectivity index (χ4n) is 3.02. The maximum absolute atomic E-state index is 11.8. The van der Waals surface area contributed by atoms with E-state index in [1.807, 2.05) is 0 Å². The standard InChI is InChI=1S/C28H56N4O13/c1-28(2,25-33)26(34)27(35)30-3-5-36-7-9-38-11-13-40-15-17-42-19-21-44-23-24-45-22-20-43-18-16-41-14-12-39-10-8-37-6-4-31-32-29/h26,33-34H,3-25H2,1-2H3,(H,30,35)/t26-/m0/s1. The number of amides is 1. The van der Waals surface area contributed by atoms with E-state index in [0.717, 1.165) is 0 Å². The van der Waals surface area contributed by atoms with E-state index in [4.69, 9.17) is 52.9 Å². The maximum atomic E-state index is 11.8. The molecule has 0 heterocycles. The molecule has 0 saturated heterocycles. The number of carbonyl (C=O) groups excluding carboxylic acids is 1. The molecule has 266 valence electrons. The van der Waals surface area contributed by atoms with Crippen LogP contribution in [0.1, 0.15) is 13.8 Å². The monoisotopic (exact) mass is 656 g/mol. The Labute approximate surface area is 266 Å². The van der Waals surface area contributed by atoms with Gasteiger partial charge in [0.25, 0.3) is 0 Å². The summed E-state index contributed by atoms with van der Waals surface area (Å²) < 4.78 is 53.9. The van der Waals surface area contributed by atoms with E-state index in [1.54, 1.807) is 13.8 Å². The lowest BCUT2D eigenvalue weighted by atomic mass is 9.87. The second-order valence-corrected chi connectivity index (χ2v) is 9.92. The Hall–Kier alpha value is -1.70. The average molecular weight is 657 g/mol. The van der Waals surface area contributed by atoms with E-state index in [-0.39, 0.29) is 13.2 Å². The number of nitrogens with one attached hydrogen (secondary N) is 1. The van der Waals surface area contributed by atoms with Crippen LogP contribution in [0.3, 0.4) is 0 Å². The summed E-state index contributed by atoms with van der Waals surface area (Å²) in [6.45, 7) is 12.4. The van der Waals surface area contributed by atoms with Crippen molar-refractivity contribution in [3.8, 4) is 0 Å². The molecule has 0 aliphatic heterocycles. The molecule has 0 aromatic rings. The van der Waals surface area contributed by atoms with Crippen LogP contribution in [0.2, 0.25) is 0 Å². The smallest absolute Gasteiger partial charge is 0.249 e. The zero-order valence-corrected chi connectivity index (χ0v) is 27.1. The van der Waals surface area contributed by atoms with Crippen LogP contribution in [0.5, 0.6) is 0 Å². The van der Waals surface area contributed by atoms with Crippen LogP contribution in [-0.4, -0.2) is 174 Å². The van der Waals surface area contributed by atoms with Crippen molar-refractivity contribution < 1.29 is 62.4 Å². The number of aliphatic hydroxyl groups is 2. The van der Waals surface area contributed by atoms with Crippen LogP contribution in [0, 0.1) is 5.41 Å². The predicted molar refractivity (Wildman–Crippen MR) is 162 cm³/mol. The molecule has 0 aromatic heterocycles. The molecule has 17 heteroatoms. The van der Waals surface area contributed by atoms with Gasteiger partial charge in [0, 0.05) is 23.4 Å². The van der Waals surface area contributed by atoms with Crippen LogP contribution >= 0.6 is 0 Å². The van der Waals surface area contributed by atoms with Crippen molar-refractivity contribution in [3.05, 3.63) is 10.4 Å². The molecule has 0 spiro atoms. The Kier molecular flexibility index (Phi) is 32.4. The van der Waals surface area contributed by atoms with Crippen LogP contribution < -0.4 is 5.32 Å². The molecule has 1 atom stereocenters. The fraction of sp³-hybridized carbons (Fsp3) is 0.964. The van der Waals surface area contributed by atoms with Gasteiger partial charge in [0.2, 0.25) is 5.91 Å². The third kappa shape index (κ3) is 30.7. The summed E-state index contributed by atoms with van der Waals surface area (Å²) in [6.07, 6.45) is -1.29. The molecule has 0 rings (SSSR count). The summed E-state index contributed by atoms with van der Waals surface area (Å²) >= 11 is 0. The zero-order chi connectivity index (χ0) is 33.1. The first kappa shape index (κ1) is 43.3. The van der Waals surface area contributed by atoms with Crippen molar-refractivity contribution in [2.75, 3.05) is 152 Å². The minimum Gasteiger partial charge on any atom is -0.396 e. The van der Waals surface area contributed by atoms with Crippen molar-refractivity contribution >= 4 is 5.91 Å². The second kappa shape index (κ2) is 33.7. The fourth-order valence-corrected chi connectivity index (χ4v) is 3.02. The topological polar surface area (TPSA) is 211 Å². The molecular formula is C28H56N4O13. The van der Waals surface area contributed by atoms with Crippen LogP contribution in [0.4, 0.5) is 0 Å². The number of carbonyl (C=O) groups is 1. The largest absolute Gasteiger partial charge is 0.396 e. The molecular weight excluding hydrogens is 600 g/mol. The van der Waals surface area contributed by atoms with E-state index in [1.165, 1.54) is 0 Å². The van der Waals surface area contributed by atoms with Crippen LogP contribution in [0.15, 0.2) is 5.11 Å². The lowest BCUT2D eigenvalue weighted by Gasteiger charge is -2.27. The molecule has 0 aromatic carbocycles. The maximum Gasteiger partial charge on any atom is 0.249 e. The van der Waals surface area contributed by atoms with Gasteiger partial charge in [-0.3, -0.25) is 4.79 Å². The van der Waals surface area contributed by atoms with Gasteiger partial charge in [0.1, 0.15) is 6.10 Å². The summed E-state index contributed by atoms with van der Waals surface area (Å²) in [4.78, 5) is 14.5. The molecule has 45 heavy (non-hydrogen) atoms. The molecule has 0 aliphatic rings. The summed E-state index contributed by atoms with van der Waals surface area (Å²) in [6, 6.07) is 0. The molecule has 0 radical (unpaired) electrons. The van der Waals surface area contributed by atoms with Gasteiger partial charge in [-0.2, -0.15) is 0 Å². The summed E-state index contributed by atoms with van der Waals surface area (Å²) in [5.74, 6) is -0.537. The Morgan fingerprint density at radius 3 is 1.20 bits per heavy atom. The highest BCUT2D eigenvalue weighted by atomic mass is 16.6. The van der Waals surface area contributed by atoms with E-state index >= 15 is 0 Å². The van der Waals surface area contributed by atoms with Gasteiger partial charge in [-0.15, -0.1) is 0 Å². The van der Waals surface area contributed by atoms with Crippen LogP contribution in [-0.2, 0) is 52.2 Å². The number of nitrogens with zero attached hydrogens (tertiary/aromatic N) is 3. The average Bonchev–Trinajstić information content (AvgIpc) is 3.04. The van der Waals surface area contributed by atoms with Gasteiger partial charge in [-0.1, -0.05) is 19.0 Å². The third-order valence-corrected chi connectivity index (χ3v) is 5.69. The van der Waals surface area contributed by atoms with E-state index in [0.29, 0.717) is 139 Å². The number of hydrogen-bond donors (Lipinski definition) is 3. The second-order valence-electron chi connectivity index (χ2n) is 9.92. The molecule has 0 bridgehead atoms. The van der Waals surface area contributed by atoms with E-state index in [2.05, 4.69) is 15.3 Å². The number of hydrogen-bond acceptors (Lipinski definition) is 14. The van der Waals surface area contributed by atoms with Crippen molar-refractivity contribution in [2.24, 2.45) is 10.5 Å². The van der Waals surface area contributed by atoms with E-state index in [9.17, 15) is 15.0 Å². The van der Waals surface area contributed by atoms with Crippen molar-refractivity contribution in [1.29, 1.82) is 0 Å². The predicted octanol–water partition coefficient (Wildman–Crippen LogP) is -0.0417. The third-order valence-electron chi connectivity index (χ3n) is 5.69. The van der Waals surface area contributed by atoms with Crippen molar-refractivity contribution in [2.45, 2.75) is 20.0 Å². The van der Waals surface area contributed by atoms with Crippen molar-refractivity contribution in [3.63, 3.8) is 0 Å². The van der Waals surface area contributed by atoms with Gasteiger partial charge in [-0.25, -0.2) is 0 Å². The molecule has 1 amide bonds. The summed E-state index contributed by atoms with van der Waals surface area (Å²) in [7, 11) is 0. The number of rotatable bonds is 36. The van der Waals surface area contributed by atoms with Gasteiger partial charge in [0.15, 0.2) is 0 Å². The van der Waals surface area contributed by atoms with E-state index < -0.39 is 17.4 Å². The van der Waals surface area contributed by atoms with Gasteiger partial charge >= 0.3 is 0 Å². The highest BCUT2D eigenvalue weighted by molar-refractivity contribution is 5.81. The normalized spacial score (nSPS) is 12.3. The number of ether oxygens (including phenoxy) is 10.